The van der Waals surface area contributed by atoms with Crippen molar-refractivity contribution in [3.05, 3.63) is 77.9 Å². The van der Waals surface area contributed by atoms with Crippen LogP contribution in [0.4, 0.5) is 0 Å². The van der Waals surface area contributed by atoms with Crippen molar-refractivity contribution >= 4 is 11.0 Å². The third-order valence-electron chi connectivity index (χ3n) is 4.31. The highest BCUT2D eigenvalue weighted by atomic mass is 16.5. The number of rotatable bonds is 5. The van der Waals surface area contributed by atoms with Crippen LogP contribution >= 0.6 is 0 Å². The third-order valence-corrected chi connectivity index (χ3v) is 4.31. The van der Waals surface area contributed by atoms with Crippen LogP contribution in [-0.4, -0.2) is 17.1 Å². The molecule has 1 heterocycles. The van der Waals surface area contributed by atoms with Gasteiger partial charge in [0, 0.05) is 5.56 Å². The molecule has 4 rings (SSSR count). The van der Waals surface area contributed by atoms with Crippen LogP contribution in [0.15, 0.2) is 66.7 Å². The van der Waals surface area contributed by atoms with Crippen molar-refractivity contribution in [1.29, 1.82) is 0 Å². The summed E-state index contributed by atoms with van der Waals surface area (Å²) in [4.78, 5) is 8.04. The number of nitrogens with one attached hydrogen (secondary N) is 1. The molecular weight excluding hydrogens is 324 g/mol. The first-order valence-electron chi connectivity index (χ1n) is 8.54. The highest BCUT2D eigenvalue weighted by molar-refractivity contribution is 5.80. The Morgan fingerprint density at radius 2 is 1.77 bits per heavy atom. The Bertz CT molecular complexity index is 1040. The predicted molar refractivity (Wildman–Crippen MR) is 104 cm³/mol. The van der Waals surface area contributed by atoms with Gasteiger partial charge in [0.2, 0.25) is 0 Å². The molecule has 26 heavy (non-hydrogen) atoms. The average molecular weight is 344 g/mol. The Morgan fingerprint density at radius 1 is 0.923 bits per heavy atom. The van der Waals surface area contributed by atoms with E-state index in [9.17, 15) is 0 Å². The highest BCUT2D eigenvalue weighted by Gasteiger charge is 2.11. The number of ether oxygens (including phenoxy) is 2. The van der Waals surface area contributed by atoms with Crippen molar-refractivity contribution in [2.24, 2.45) is 0 Å². The second-order valence-electron chi connectivity index (χ2n) is 6.25. The molecule has 1 N–H and O–H groups in total. The lowest BCUT2D eigenvalue weighted by Crippen LogP contribution is -1.97. The predicted octanol–water partition coefficient (Wildman–Crippen LogP) is 5.13. The SMILES string of the molecule is COc1cc(-c2nc3ccc(C)cc3[nH]2)ccc1OCc1ccccc1. The fraction of sp³-hybridized carbons (Fsp3) is 0.136. The van der Waals surface area contributed by atoms with Crippen molar-refractivity contribution in [2.75, 3.05) is 7.11 Å². The number of aromatic amines is 1. The molecule has 0 fully saturated rings. The summed E-state index contributed by atoms with van der Waals surface area (Å²) in [5.74, 6) is 2.22. The summed E-state index contributed by atoms with van der Waals surface area (Å²) >= 11 is 0. The van der Waals surface area contributed by atoms with Crippen LogP contribution in [0.25, 0.3) is 22.4 Å². The number of imidazole rings is 1. The molecule has 0 saturated heterocycles. The number of hydrogen-bond donors (Lipinski definition) is 1. The van der Waals surface area contributed by atoms with E-state index >= 15 is 0 Å². The van der Waals surface area contributed by atoms with Crippen molar-refractivity contribution in [2.45, 2.75) is 13.5 Å². The van der Waals surface area contributed by atoms with Crippen LogP contribution in [0, 0.1) is 6.92 Å². The zero-order chi connectivity index (χ0) is 17.9. The monoisotopic (exact) mass is 344 g/mol. The Hall–Kier alpha value is -3.27. The van der Waals surface area contributed by atoms with E-state index in [1.807, 2.05) is 54.6 Å². The maximum atomic E-state index is 5.92. The van der Waals surface area contributed by atoms with E-state index in [2.05, 4.69) is 29.0 Å². The molecule has 4 heteroatoms. The molecule has 0 saturated carbocycles. The first-order valence-corrected chi connectivity index (χ1v) is 8.54. The zero-order valence-electron chi connectivity index (χ0n) is 14.8. The minimum absolute atomic E-state index is 0.500. The third kappa shape index (κ3) is 3.26. The van der Waals surface area contributed by atoms with E-state index in [1.165, 1.54) is 5.56 Å². The molecule has 0 bridgehead atoms. The van der Waals surface area contributed by atoms with E-state index in [-0.39, 0.29) is 0 Å². The van der Waals surface area contributed by atoms with Gasteiger partial charge in [0.1, 0.15) is 12.4 Å². The molecule has 3 aromatic carbocycles. The van der Waals surface area contributed by atoms with Crippen LogP contribution in [-0.2, 0) is 6.61 Å². The van der Waals surface area contributed by atoms with Crippen molar-refractivity contribution in [1.82, 2.24) is 9.97 Å². The van der Waals surface area contributed by atoms with E-state index in [4.69, 9.17) is 9.47 Å². The van der Waals surface area contributed by atoms with Crippen molar-refractivity contribution in [3.8, 4) is 22.9 Å². The maximum Gasteiger partial charge on any atom is 0.161 e. The van der Waals surface area contributed by atoms with Crippen LogP contribution in [0.3, 0.4) is 0 Å². The molecule has 4 nitrogen and oxygen atoms in total. The number of nitrogens with zero attached hydrogens (tertiary/aromatic N) is 1. The molecule has 0 atom stereocenters. The quantitative estimate of drug-likeness (QED) is 0.546. The molecule has 0 spiro atoms. The van der Waals surface area contributed by atoms with Gasteiger partial charge in [0.15, 0.2) is 11.5 Å². The lowest BCUT2D eigenvalue weighted by Gasteiger charge is -2.11. The number of aromatic nitrogens is 2. The fourth-order valence-corrected chi connectivity index (χ4v) is 2.93. The molecular formula is C22H20N2O2. The van der Waals surface area contributed by atoms with E-state index in [0.29, 0.717) is 18.1 Å². The van der Waals surface area contributed by atoms with E-state index in [0.717, 1.165) is 28.0 Å². The number of benzene rings is 3. The molecule has 1 aromatic heterocycles. The Balaban J connectivity index is 1.61. The second-order valence-corrected chi connectivity index (χ2v) is 6.25. The van der Waals surface area contributed by atoms with E-state index in [1.54, 1.807) is 7.11 Å². The molecule has 0 radical (unpaired) electrons. The summed E-state index contributed by atoms with van der Waals surface area (Å²) in [6.45, 7) is 2.57. The van der Waals surface area contributed by atoms with Gasteiger partial charge >= 0.3 is 0 Å². The Morgan fingerprint density at radius 3 is 2.58 bits per heavy atom. The number of hydrogen-bond acceptors (Lipinski definition) is 3. The highest BCUT2D eigenvalue weighted by Crippen LogP contribution is 2.32. The summed E-state index contributed by atoms with van der Waals surface area (Å²) in [6, 6.07) is 22.1. The van der Waals surface area contributed by atoms with Crippen molar-refractivity contribution in [3.63, 3.8) is 0 Å². The van der Waals surface area contributed by atoms with Crippen molar-refractivity contribution < 1.29 is 9.47 Å². The molecule has 0 amide bonds. The van der Waals surface area contributed by atoms with Crippen LogP contribution < -0.4 is 9.47 Å². The van der Waals surface area contributed by atoms with Crippen LogP contribution in [0.5, 0.6) is 11.5 Å². The van der Waals surface area contributed by atoms with Crippen LogP contribution in [0.2, 0.25) is 0 Å². The topological polar surface area (TPSA) is 47.1 Å². The lowest BCUT2D eigenvalue weighted by atomic mass is 10.2. The van der Waals surface area contributed by atoms with Gasteiger partial charge in [0.05, 0.1) is 18.1 Å². The Kier molecular flexibility index (Phi) is 4.32. The second kappa shape index (κ2) is 6.92. The van der Waals surface area contributed by atoms with Gasteiger partial charge in [-0.25, -0.2) is 4.98 Å². The summed E-state index contributed by atoms with van der Waals surface area (Å²) in [5, 5.41) is 0. The standard InChI is InChI=1S/C22H20N2O2/c1-15-8-10-18-19(12-15)24-22(23-18)17-9-11-20(21(13-17)25-2)26-14-16-6-4-3-5-7-16/h3-13H,14H2,1-2H3,(H,23,24). The molecule has 130 valence electrons. The fourth-order valence-electron chi connectivity index (χ4n) is 2.93. The largest absolute Gasteiger partial charge is 0.493 e. The first-order chi connectivity index (χ1) is 12.7. The van der Waals surface area contributed by atoms with Crippen LogP contribution in [0.1, 0.15) is 11.1 Å². The number of fused-ring (bicyclic) bond motifs is 1. The van der Waals surface area contributed by atoms with Gasteiger partial charge in [-0.2, -0.15) is 0 Å². The molecule has 0 aliphatic rings. The van der Waals surface area contributed by atoms with Gasteiger partial charge in [0.25, 0.3) is 0 Å². The first kappa shape index (κ1) is 16.2. The lowest BCUT2D eigenvalue weighted by molar-refractivity contribution is 0.284. The summed E-state index contributed by atoms with van der Waals surface area (Å²) in [6.07, 6.45) is 0. The summed E-state index contributed by atoms with van der Waals surface area (Å²) in [7, 11) is 1.65. The van der Waals surface area contributed by atoms with Gasteiger partial charge < -0.3 is 14.5 Å². The smallest absolute Gasteiger partial charge is 0.161 e. The van der Waals surface area contributed by atoms with Gasteiger partial charge in [-0.1, -0.05) is 36.4 Å². The van der Waals surface area contributed by atoms with Gasteiger partial charge in [-0.3, -0.25) is 0 Å². The molecule has 0 aliphatic heterocycles. The minimum atomic E-state index is 0.500. The minimum Gasteiger partial charge on any atom is -0.493 e. The molecule has 0 unspecified atom stereocenters. The number of H-pyrrole nitrogens is 1. The zero-order valence-corrected chi connectivity index (χ0v) is 14.8. The van der Waals surface area contributed by atoms with Gasteiger partial charge in [-0.05, 0) is 48.4 Å². The van der Waals surface area contributed by atoms with E-state index < -0.39 is 0 Å². The Labute approximate surface area is 152 Å². The maximum absolute atomic E-state index is 5.92. The molecule has 4 aromatic rings. The number of aryl methyl sites for hydroxylation is 1. The average Bonchev–Trinajstić information content (AvgIpc) is 3.10. The normalized spacial score (nSPS) is 10.8. The van der Waals surface area contributed by atoms with Gasteiger partial charge in [-0.15, -0.1) is 0 Å². The number of methoxy groups -OCH3 is 1. The summed E-state index contributed by atoms with van der Waals surface area (Å²) < 4.78 is 11.4. The summed E-state index contributed by atoms with van der Waals surface area (Å²) in [5.41, 5.74) is 5.27. The molecule has 0 aliphatic carbocycles.